The van der Waals surface area contributed by atoms with Crippen LogP contribution in [0.3, 0.4) is 0 Å². The molecule has 0 amide bonds. The second-order valence-corrected chi connectivity index (χ2v) is 5.36. The van der Waals surface area contributed by atoms with Gasteiger partial charge >= 0.3 is 0 Å². The second-order valence-electron chi connectivity index (χ2n) is 4.45. The van der Waals surface area contributed by atoms with Crippen molar-refractivity contribution in [2.45, 2.75) is 37.9 Å². The van der Waals surface area contributed by atoms with Gasteiger partial charge in [0.25, 0.3) is 0 Å². The molecule has 0 aliphatic heterocycles. The van der Waals surface area contributed by atoms with Crippen molar-refractivity contribution in [3.8, 4) is 5.75 Å². The van der Waals surface area contributed by atoms with Crippen LogP contribution in [0.4, 0.5) is 5.69 Å². The molecule has 2 N–H and O–H groups in total. The number of hydrogen-bond acceptors (Lipinski definition) is 3. The number of halogens is 1. The molecule has 1 aliphatic carbocycles. The predicted molar refractivity (Wildman–Crippen MR) is 72.2 cm³/mol. The fourth-order valence-corrected chi connectivity index (χ4v) is 2.55. The maximum Gasteiger partial charge on any atom is 0.143 e. The highest BCUT2D eigenvalue weighted by molar-refractivity contribution is 9.10. The lowest BCUT2D eigenvalue weighted by molar-refractivity contribution is 0.0212. The predicted octanol–water partition coefficient (Wildman–Crippen LogP) is 3.37. The Morgan fingerprint density at radius 2 is 2.06 bits per heavy atom. The van der Waals surface area contributed by atoms with E-state index in [2.05, 4.69) is 15.9 Å². The minimum atomic E-state index is 0.213. The summed E-state index contributed by atoms with van der Waals surface area (Å²) in [7, 11) is 1.76. The molecule has 1 aromatic carbocycles. The van der Waals surface area contributed by atoms with Gasteiger partial charge in [0.2, 0.25) is 0 Å². The van der Waals surface area contributed by atoms with E-state index in [1.54, 1.807) is 7.11 Å². The first-order valence-corrected chi connectivity index (χ1v) is 6.73. The van der Waals surface area contributed by atoms with Crippen LogP contribution in [-0.2, 0) is 4.74 Å². The van der Waals surface area contributed by atoms with Gasteiger partial charge in [0, 0.05) is 18.0 Å². The van der Waals surface area contributed by atoms with Gasteiger partial charge in [0.15, 0.2) is 0 Å². The third-order valence-corrected chi connectivity index (χ3v) is 3.67. The SMILES string of the molecule is COC1CCCC(Oc2cc(Br)ccc2N)C1. The minimum Gasteiger partial charge on any atom is -0.488 e. The molecule has 1 saturated carbocycles. The number of nitrogens with two attached hydrogens (primary N) is 1. The number of benzene rings is 1. The lowest BCUT2D eigenvalue weighted by Crippen LogP contribution is -2.29. The van der Waals surface area contributed by atoms with Crippen molar-refractivity contribution in [3.05, 3.63) is 22.7 Å². The van der Waals surface area contributed by atoms with Crippen molar-refractivity contribution in [1.29, 1.82) is 0 Å². The van der Waals surface area contributed by atoms with Gasteiger partial charge < -0.3 is 15.2 Å². The summed E-state index contributed by atoms with van der Waals surface area (Å²) in [6.07, 6.45) is 4.84. The zero-order chi connectivity index (χ0) is 12.3. The molecule has 0 aromatic heterocycles. The molecule has 3 nitrogen and oxygen atoms in total. The van der Waals surface area contributed by atoms with Crippen LogP contribution >= 0.6 is 15.9 Å². The molecular weight excluding hydrogens is 282 g/mol. The third kappa shape index (κ3) is 3.36. The van der Waals surface area contributed by atoms with E-state index >= 15 is 0 Å². The average molecular weight is 300 g/mol. The zero-order valence-electron chi connectivity index (χ0n) is 9.99. The highest BCUT2D eigenvalue weighted by Gasteiger charge is 2.23. The van der Waals surface area contributed by atoms with E-state index in [0.717, 1.165) is 35.9 Å². The summed E-state index contributed by atoms with van der Waals surface area (Å²) in [5, 5.41) is 0. The summed E-state index contributed by atoms with van der Waals surface area (Å²) < 4.78 is 12.3. The second kappa shape index (κ2) is 5.74. The standard InChI is InChI=1S/C13H18BrNO2/c1-16-10-3-2-4-11(8-10)17-13-7-9(14)5-6-12(13)15/h5-7,10-11H,2-4,8,15H2,1H3. The van der Waals surface area contributed by atoms with Crippen LogP contribution in [0.5, 0.6) is 5.75 Å². The molecule has 1 fully saturated rings. The largest absolute Gasteiger partial charge is 0.488 e. The zero-order valence-corrected chi connectivity index (χ0v) is 11.6. The Balaban J connectivity index is 2.02. The van der Waals surface area contributed by atoms with E-state index in [1.807, 2.05) is 18.2 Å². The van der Waals surface area contributed by atoms with Crippen molar-refractivity contribution in [2.75, 3.05) is 12.8 Å². The van der Waals surface area contributed by atoms with Crippen molar-refractivity contribution < 1.29 is 9.47 Å². The maximum absolute atomic E-state index is 5.96. The van der Waals surface area contributed by atoms with E-state index in [9.17, 15) is 0 Å². The quantitative estimate of drug-likeness (QED) is 0.870. The number of anilines is 1. The molecule has 94 valence electrons. The highest BCUT2D eigenvalue weighted by atomic mass is 79.9. The van der Waals surface area contributed by atoms with Crippen molar-refractivity contribution in [2.24, 2.45) is 0 Å². The lowest BCUT2D eigenvalue weighted by Gasteiger charge is -2.29. The Kier molecular flexibility index (Phi) is 4.29. The van der Waals surface area contributed by atoms with E-state index in [0.29, 0.717) is 11.8 Å². The molecule has 4 heteroatoms. The Hall–Kier alpha value is -0.740. The summed E-state index contributed by atoms with van der Waals surface area (Å²) >= 11 is 3.43. The molecule has 17 heavy (non-hydrogen) atoms. The van der Waals surface area contributed by atoms with E-state index in [1.165, 1.54) is 0 Å². The first kappa shape index (κ1) is 12.7. The van der Waals surface area contributed by atoms with Crippen LogP contribution < -0.4 is 10.5 Å². The van der Waals surface area contributed by atoms with Crippen LogP contribution in [0, 0.1) is 0 Å². The molecule has 1 aromatic rings. The molecule has 0 heterocycles. The monoisotopic (exact) mass is 299 g/mol. The number of hydrogen-bond donors (Lipinski definition) is 1. The Bertz CT molecular complexity index is 384. The fraction of sp³-hybridized carbons (Fsp3) is 0.538. The smallest absolute Gasteiger partial charge is 0.143 e. The maximum atomic E-state index is 5.96. The first-order valence-electron chi connectivity index (χ1n) is 5.93. The Labute approximate surface area is 110 Å². The molecule has 0 radical (unpaired) electrons. The van der Waals surface area contributed by atoms with Gasteiger partial charge in [-0.3, -0.25) is 0 Å². The van der Waals surface area contributed by atoms with Gasteiger partial charge in [-0.2, -0.15) is 0 Å². The summed E-state index contributed by atoms with van der Waals surface area (Å²) in [6, 6.07) is 5.70. The fourth-order valence-electron chi connectivity index (χ4n) is 2.21. The average Bonchev–Trinajstić information content (AvgIpc) is 2.34. The molecule has 2 unspecified atom stereocenters. The molecule has 0 bridgehead atoms. The van der Waals surface area contributed by atoms with E-state index in [-0.39, 0.29) is 6.10 Å². The number of ether oxygens (including phenoxy) is 2. The Morgan fingerprint density at radius 1 is 1.29 bits per heavy atom. The summed E-state index contributed by atoms with van der Waals surface area (Å²) in [6.45, 7) is 0. The van der Waals surface area contributed by atoms with Crippen molar-refractivity contribution in [3.63, 3.8) is 0 Å². The number of nitrogen functional groups attached to an aromatic ring is 1. The summed E-state index contributed by atoms with van der Waals surface area (Å²) in [4.78, 5) is 0. The van der Waals surface area contributed by atoms with Crippen LogP contribution in [0.1, 0.15) is 25.7 Å². The van der Waals surface area contributed by atoms with Gasteiger partial charge in [-0.15, -0.1) is 0 Å². The molecular formula is C13H18BrNO2. The number of methoxy groups -OCH3 is 1. The van der Waals surface area contributed by atoms with Gasteiger partial charge in [0.05, 0.1) is 11.8 Å². The molecule has 0 spiro atoms. The normalized spacial score (nSPS) is 24.6. The summed E-state index contributed by atoms with van der Waals surface area (Å²) in [5.74, 6) is 0.765. The third-order valence-electron chi connectivity index (χ3n) is 3.18. The van der Waals surface area contributed by atoms with Crippen LogP contribution in [0.2, 0.25) is 0 Å². The Morgan fingerprint density at radius 3 is 2.82 bits per heavy atom. The van der Waals surface area contributed by atoms with E-state index < -0.39 is 0 Å². The van der Waals surface area contributed by atoms with Crippen LogP contribution in [0.25, 0.3) is 0 Å². The van der Waals surface area contributed by atoms with Crippen molar-refractivity contribution in [1.82, 2.24) is 0 Å². The van der Waals surface area contributed by atoms with Gasteiger partial charge in [-0.05, 0) is 37.5 Å². The first-order chi connectivity index (χ1) is 8.19. The van der Waals surface area contributed by atoms with Gasteiger partial charge in [0.1, 0.15) is 11.9 Å². The minimum absolute atomic E-state index is 0.213. The molecule has 0 saturated heterocycles. The topological polar surface area (TPSA) is 44.5 Å². The van der Waals surface area contributed by atoms with Gasteiger partial charge in [-0.25, -0.2) is 0 Å². The molecule has 2 rings (SSSR count). The highest BCUT2D eigenvalue weighted by Crippen LogP contribution is 2.30. The van der Waals surface area contributed by atoms with Crippen LogP contribution in [-0.4, -0.2) is 19.3 Å². The summed E-state index contributed by atoms with van der Waals surface area (Å²) in [5.41, 5.74) is 6.58. The molecule has 1 aliphatic rings. The van der Waals surface area contributed by atoms with Crippen molar-refractivity contribution >= 4 is 21.6 Å². The van der Waals surface area contributed by atoms with E-state index in [4.69, 9.17) is 15.2 Å². The molecule has 2 atom stereocenters. The number of rotatable bonds is 3. The van der Waals surface area contributed by atoms with Crippen LogP contribution in [0.15, 0.2) is 22.7 Å². The lowest BCUT2D eigenvalue weighted by atomic mass is 9.95. The van der Waals surface area contributed by atoms with Gasteiger partial charge in [-0.1, -0.05) is 15.9 Å².